The van der Waals surface area contributed by atoms with Crippen LogP contribution in [-0.4, -0.2) is 70.0 Å². The van der Waals surface area contributed by atoms with Gasteiger partial charge in [0.15, 0.2) is 6.10 Å². The third-order valence-corrected chi connectivity index (χ3v) is 13.5. The molecule has 0 aromatic heterocycles. The summed E-state index contributed by atoms with van der Waals surface area (Å²) < 4.78 is 34.1. The lowest BCUT2D eigenvalue weighted by Gasteiger charge is -2.28. The van der Waals surface area contributed by atoms with Crippen molar-refractivity contribution < 1.29 is 42.1 Å². The molecular formula is C59H110NO8P. The molecule has 0 aliphatic heterocycles. The Balaban J connectivity index is 4.11. The summed E-state index contributed by atoms with van der Waals surface area (Å²) in [5, 5.41) is 0. The van der Waals surface area contributed by atoms with E-state index in [-0.39, 0.29) is 26.1 Å². The van der Waals surface area contributed by atoms with E-state index < -0.39 is 32.5 Å². The minimum Gasteiger partial charge on any atom is -0.756 e. The molecule has 2 unspecified atom stereocenters. The van der Waals surface area contributed by atoms with Crippen molar-refractivity contribution in [3.8, 4) is 0 Å². The van der Waals surface area contributed by atoms with Crippen LogP contribution in [-0.2, 0) is 32.7 Å². The van der Waals surface area contributed by atoms with Gasteiger partial charge in [-0.25, -0.2) is 0 Å². The molecule has 0 fully saturated rings. The van der Waals surface area contributed by atoms with E-state index in [9.17, 15) is 19.0 Å². The van der Waals surface area contributed by atoms with Crippen molar-refractivity contribution in [1.29, 1.82) is 0 Å². The summed E-state index contributed by atoms with van der Waals surface area (Å²) in [6, 6.07) is 0. The van der Waals surface area contributed by atoms with Crippen LogP contribution in [0.1, 0.15) is 264 Å². The molecule has 2 atom stereocenters. The van der Waals surface area contributed by atoms with E-state index in [2.05, 4.69) is 62.5 Å². The first kappa shape index (κ1) is 67.0. The Bertz CT molecular complexity index is 1310. The zero-order valence-corrected chi connectivity index (χ0v) is 46.7. The standard InChI is InChI=1S/C59H110NO8P/c1-6-8-10-12-14-16-18-20-22-24-25-26-27-28-29-30-31-32-33-34-35-36-38-40-42-44-46-48-50-52-59(62)68-57(56-67-69(63,64)66-54-53-60(3,4)5)55-65-58(61)51-49-47-45-43-41-39-37-23-21-19-17-15-13-11-9-7-2/h17-20,23-25,37,57H,6-16,21-22,26-36,38-56H2,1-5H3/b19-17-,20-18-,25-24-,37-23-. The van der Waals surface area contributed by atoms with Gasteiger partial charge in [-0.3, -0.25) is 14.2 Å². The fourth-order valence-electron chi connectivity index (χ4n) is 8.07. The molecule has 0 aliphatic carbocycles. The second kappa shape index (κ2) is 50.9. The van der Waals surface area contributed by atoms with Gasteiger partial charge in [-0.15, -0.1) is 0 Å². The van der Waals surface area contributed by atoms with E-state index in [0.717, 1.165) is 64.2 Å². The number of phosphoric acid groups is 1. The van der Waals surface area contributed by atoms with E-state index in [1.165, 1.54) is 161 Å². The largest absolute Gasteiger partial charge is 0.756 e. The number of phosphoric ester groups is 1. The average Bonchev–Trinajstić information content (AvgIpc) is 3.31. The maximum Gasteiger partial charge on any atom is 0.306 e. The van der Waals surface area contributed by atoms with Crippen LogP contribution in [0.5, 0.6) is 0 Å². The Morgan fingerprint density at radius 3 is 1.16 bits per heavy atom. The third kappa shape index (κ3) is 55.1. The van der Waals surface area contributed by atoms with Crippen LogP contribution in [0.15, 0.2) is 48.6 Å². The number of carbonyl (C=O) groups is 2. The quantitative estimate of drug-likeness (QED) is 0.0195. The van der Waals surface area contributed by atoms with Crippen LogP contribution < -0.4 is 4.89 Å². The summed E-state index contributed by atoms with van der Waals surface area (Å²) in [5.41, 5.74) is 0. The molecule has 404 valence electrons. The van der Waals surface area contributed by atoms with E-state index in [4.69, 9.17) is 18.5 Å². The summed E-state index contributed by atoms with van der Waals surface area (Å²) in [5.74, 6) is -0.841. The predicted octanol–water partition coefficient (Wildman–Crippen LogP) is 17.1. The number of nitrogens with zero attached hydrogens (tertiary/aromatic N) is 1. The van der Waals surface area contributed by atoms with Crippen LogP contribution in [0.3, 0.4) is 0 Å². The highest BCUT2D eigenvalue weighted by Gasteiger charge is 2.22. The molecule has 0 aliphatic rings. The van der Waals surface area contributed by atoms with Crippen molar-refractivity contribution >= 4 is 19.8 Å². The maximum atomic E-state index is 12.8. The lowest BCUT2D eigenvalue weighted by molar-refractivity contribution is -0.870. The van der Waals surface area contributed by atoms with Crippen molar-refractivity contribution in [2.45, 2.75) is 270 Å². The number of ether oxygens (including phenoxy) is 2. The van der Waals surface area contributed by atoms with Gasteiger partial charge in [0.05, 0.1) is 27.7 Å². The van der Waals surface area contributed by atoms with Gasteiger partial charge in [-0.2, -0.15) is 0 Å². The zero-order valence-electron chi connectivity index (χ0n) is 45.8. The van der Waals surface area contributed by atoms with E-state index in [1.807, 2.05) is 21.1 Å². The SMILES string of the molecule is CCCCCC/C=C\C/C=C\CCCCCCCC(=O)OCC(COP(=O)([O-])OCC[N+](C)(C)C)OC(=O)CCCCCCCCCCCCCCCCCCC/C=C\C/C=C\CCCCCCC. The molecule has 0 saturated heterocycles. The maximum absolute atomic E-state index is 12.8. The van der Waals surface area contributed by atoms with Crippen LogP contribution >= 0.6 is 7.82 Å². The van der Waals surface area contributed by atoms with Gasteiger partial charge in [0, 0.05) is 12.8 Å². The molecule has 0 spiro atoms. The van der Waals surface area contributed by atoms with Crippen molar-refractivity contribution in [3.05, 3.63) is 48.6 Å². The Morgan fingerprint density at radius 1 is 0.449 bits per heavy atom. The fourth-order valence-corrected chi connectivity index (χ4v) is 8.80. The smallest absolute Gasteiger partial charge is 0.306 e. The second-order valence-corrected chi connectivity index (χ2v) is 22.1. The minimum absolute atomic E-state index is 0.0330. The molecule has 0 radical (unpaired) electrons. The first-order chi connectivity index (χ1) is 33.5. The number of quaternary nitrogens is 1. The molecule has 69 heavy (non-hydrogen) atoms. The molecule has 0 amide bonds. The minimum atomic E-state index is -4.64. The first-order valence-electron chi connectivity index (χ1n) is 28.8. The second-order valence-electron chi connectivity index (χ2n) is 20.6. The number of esters is 2. The summed E-state index contributed by atoms with van der Waals surface area (Å²) in [4.78, 5) is 37.8. The molecular weight excluding hydrogens is 882 g/mol. The normalized spacial score (nSPS) is 13.7. The number of likely N-dealkylation sites (N-methyl/N-ethyl adjacent to an activating group) is 1. The van der Waals surface area contributed by atoms with E-state index in [1.54, 1.807) is 0 Å². The predicted molar refractivity (Wildman–Crippen MR) is 291 cm³/mol. The number of hydrogen-bond acceptors (Lipinski definition) is 8. The third-order valence-electron chi connectivity index (χ3n) is 12.6. The topological polar surface area (TPSA) is 111 Å². The Kier molecular flexibility index (Phi) is 49.4. The highest BCUT2D eigenvalue weighted by Crippen LogP contribution is 2.38. The summed E-state index contributed by atoms with van der Waals surface area (Å²) in [6.45, 7) is 4.22. The van der Waals surface area contributed by atoms with Crippen LogP contribution in [0, 0.1) is 0 Å². The number of rotatable bonds is 53. The number of hydrogen-bond donors (Lipinski definition) is 0. The van der Waals surface area contributed by atoms with Crippen molar-refractivity contribution in [2.24, 2.45) is 0 Å². The van der Waals surface area contributed by atoms with Crippen LogP contribution in [0.4, 0.5) is 0 Å². The van der Waals surface area contributed by atoms with E-state index in [0.29, 0.717) is 23.9 Å². The number of allylic oxidation sites excluding steroid dienone is 8. The fraction of sp³-hybridized carbons (Fsp3) is 0.831. The molecule has 0 saturated carbocycles. The molecule has 0 aromatic rings. The molecule has 0 bridgehead atoms. The van der Waals surface area contributed by atoms with E-state index >= 15 is 0 Å². The lowest BCUT2D eigenvalue weighted by atomic mass is 10.0. The van der Waals surface area contributed by atoms with Gasteiger partial charge < -0.3 is 27.9 Å². The monoisotopic (exact) mass is 992 g/mol. The molecule has 0 heterocycles. The van der Waals surface area contributed by atoms with Crippen molar-refractivity contribution in [2.75, 3.05) is 47.5 Å². The van der Waals surface area contributed by atoms with Gasteiger partial charge >= 0.3 is 11.9 Å². The van der Waals surface area contributed by atoms with Gasteiger partial charge in [0.1, 0.15) is 19.8 Å². The average molecular weight is 993 g/mol. The Labute approximate surface area is 426 Å². The Morgan fingerprint density at radius 2 is 0.783 bits per heavy atom. The Hall–Kier alpha value is -2.03. The lowest BCUT2D eigenvalue weighted by Crippen LogP contribution is -2.37. The van der Waals surface area contributed by atoms with Gasteiger partial charge in [-0.05, 0) is 77.0 Å². The van der Waals surface area contributed by atoms with Crippen molar-refractivity contribution in [1.82, 2.24) is 0 Å². The molecule has 0 aromatic carbocycles. The van der Waals surface area contributed by atoms with Gasteiger partial charge in [0.25, 0.3) is 7.82 Å². The summed E-state index contributed by atoms with van der Waals surface area (Å²) in [6.07, 6.45) is 63.0. The first-order valence-corrected chi connectivity index (χ1v) is 30.3. The van der Waals surface area contributed by atoms with Crippen LogP contribution in [0.25, 0.3) is 0 Å². The molecule has 10 heteroatoms. The number of carbonyl (C=O) groups excluding carboxylic acids is 2. The summed E-state index contributed by atoms with van der Waals surface area (Å²) >= 11 is 0. The molecule has 0 rings (SSSR count). The summed E-state index contributed by atoms with van der Waals surface area (Å²) in [7, 11) is 1.16. The van der Waals surface area contributed by atoms with Crippen LogP contribution in [0.2, 0.25) is 0 Å². The van der Waals surface area contributed by atoms with Gasteiger partial charge in [0.2, 0.25) is 0 Å². The van der Waals surface area contributed by atoms with Crippen molar-refractivity contribution in [3.63, 3.8) is 0 Å². The highest BCUT2D eigenvalue weighted by molar-refractivity contribution is 7.45. The molecule has 0 N–H and O–H groups in total. The zero-order chi connectivity index (χ0) is 50.6. The molecule has 9 nitrogen and oxygen atoms in total. The number of unbranched alkanes of at least 4 members (excludes halogenated alkanes) is 31. The van der Waals surface area contributed by atoms with Gasteiger partial charge in [-0.1, -0.05) is 223 Å². The highest BCUT2D eigenvalue weighted by atomic mass is 31.2.